The summed E-state index contributed by atoms with van der Waals surface area (Å²) in [6.07, 6.45) is 4.43. The van der Waals surface area contributed by atoms with Crippen molar-refractivity contribution in [2.45, 2.75) is 45.6 Å². The minimum Gasteiger partial charge on any atom is -0.469 e. The first-order valence-electron chi connectivity index (χ1n) is 5.95. The van der Waals surface area contributed by atoms with Crippen LogP contribution in [0, 0.1) is 11.8 Å². The number of rotatable bonds is 4. The largest absolute Gasteiger partial charge is 0.469 e. The van der Waals surface area contributed by atoms with Crippen LogP contribution in [0.1, 0.15) is 39.5 Å². The molecular formula is C12H23NO2. The molecule has 88 valence electrons. The maximum atomic E-state index is 11.0. The van der Waals surface area contributed by atoms with Gasteiger partial charge in [-0.15, -0.1) is 0 Å². The molecule has 0 aromatic rings. The molecule has 0 aromatic carbocycles. The van der Waals surface area contributed by atoms with Crippen LogP contribution < -0.4 is 5.32 Å². The van der Waals surface area contributed by atoms with Crippen LogP contribution in [-0.4, -0.2) is 25.7 Å². The number of hydrogen-bond acceptors (Lipinski definition) is 3. The second kappa shape index (κ2) is 6.11. The summed E-state index contributed by atoms with van der Waals surface area (Å²) in [4.78, 5) is 11.0. The van der Waals surface area contributed by atoms with Gasteiger partial charge in [-0.3, -0.25) is 4.79 Å². The second-order valence-electron chi connectivity index (χ2n) is 4.69. The van der Waals surface area contributed by atoms with Crippen LogP contribution >= 0.6 is 0 Å². The molecule has 0 aromatic heterocycles. The summed E-state index contributed by atoms with van der Waals surface area (Å²) in [5.74, 6) is 1.33. The van der Waals surface area contributed by atoms with Gasteiger partial charge in [-0.25, -0.2) is 0 Å². The Morgan fingerprint density at radius 2 is 1.93 bits per heavy atom. The topological polar surface area (TPSA) is 38.3 Å². The van der Waals surface area contributed by atoms with Gasteiger partial charge in [0.05, 0.1) is 13.5 Å². The Bertz CT molecular complexity index is 196. The van der Waals surface area contributed by atoms with E-state index in [4.69, 9.17) is 0 Å². The first-order chi connectivity index (χ1) is 7.15. The van der Waals surface area contributed by atoms with E-state index in [1.54, 1.807) is 0 Å². The number of ether oxygens (including phenoxy) is 1. The Hall–Kier alpha value is -0.570. The van der Waals surface area contributed by atoms with E-state index in [-0.39, 0.29) is 5.97 Å². The fraction of sp³-hybridized carbons (Fsp3) is 0.917. The van der Waals surface area contributed by atoms with Gasteiger partial charge in [-0.05, 0) is 24.7 Å². The van der Waals surface area contributed by atoms with E-state index in [1.165, 1.54) is 26.4 Å². The number of hydrogen-bond donors (Lipinski definition) is 1. The van der Waals surface area contributed by atoms with E-state index >= 15 is 0 Å². The van der Waals surface area contributed by atoms with Gasteiger partial charge in [0, 0.05) is 12.6 Å². The number of carbonyl (C=O) groups excluding carboxylic acids is 1. The zero-order chi connectivity index (χ0) is 11.3. The van der Waals surface area contributed by atoms with Crippen molar-refractivity contribution < 1.29 is 9.53 Å². The molecule has 1 N–H and O–H groups in total. The summed E-state index contributed by atoms with van der Waals surface area (Å²) >= 11 is 0. The van der Waals surface area contributed by atoms with Crippen LogP contribution in [0.3, 0.4) is 0 Å². The molecule has 3 heteroatoms. The molecule has 1 fully saturated rings. The van der Waals surface area contributed by atoms with Crippen LogP contribution in [0.2, 0.25) is 0 Å². The smallest absolute Gasteiger partial charge is 0.306 e. The Morgan fingerprint density at radius 1 is 1.33 bits per heavy atom. The maximum Gasteiger partial charge on any atom is 0.306 e. The number of methoxy groups -OCH3 is 1. The third kappa shape index (κ3) is 3.82. The summed E-state index contributed by atoms with van der Waals surface area (Å²) in [6, 6.07) is 0.573. The lowest BCUT2D eigenvalue weighted by Gasteiger charge is -2.35. The van der Waals surface area contributed by atoms with E-state index in [1.807, 2.05) is 0 Å². The third-order valence-corrected chi connectivity index (χ3v) is 3.48. The summed E-state index contributed by atoms with van der Waals surface area (Å²) in [6.45, 7) is 5.34. The average molecular weight is 213 g/mol. The minimum absolute atomic E-state index is 0.126. The van der Waals surface area contributed by atoms with Gasteiger partial charge >= 0.3 is 5.97 Å². The lowest BCUT2D eigenvalue weighted by Crippen LogP contribution is -2.43. The van der Waals surface area contributed by atoms with Crippen molar-refractivity contribution in [1.29, 1.82) is 0 Å². The van der Waals surface area contributed by atoms with Crippen molar-refractivity contribution in [3.05, 3.63) is 0 Å². The Kier molecular flexibility index (Phi) is 5.09. The standard InChI is InChI=1S/C12H23NO2/c1-9-5-4-6-10(2)12(9)13-8-7-11(14)15-3/h9-10,12-13H,4-8H2,1-3H3. The van der Waals surface area contributed by atoms with Gasteiger partial charge in [-0.2, -0.15) is 0 Å². The van der Waals surface area contributed by atoms with Gasteiger partial charge in [0.25, 0.3) is 0 Å². The number of carbonyl (C=O) groups is 1. The van der Waals surface area contributed by atoms with Crippen LogP contribution in [0.5, 0.6) is 0 Å². The summed E-state index contributed by atoms with van der Waals surface area (Å²) in [7, 11) is 1.44. The van der Waals surface area contributed by atoms with Gasteiger partial charge in [-0.1, -0.05) is 20.3 Å². The van der Waals surface area contributed by atoms with E-state index in [2.05, 4.69) is 23.9 Å². The molecule has 2 atom stereocenters. The number of esters is 1. The molecule has 0 amide bonds. The monoisotopic (exact) mass is 213 g/mol. The third-order valence-electron chi connectivity index (χ3n) is 3.48. The fourth-order valence-electron chi connectivity index (χ4n) is 2.53. The predicted octanol–water partition coefficient (Wildman–Crippen LogP) is 1.96. The lowest BCUT2D eigenvalue weighted by atomic mass is 9.79. The summed E-state index contributed by atoms with van der Waals surface area (Å²) in [5.41, 5.74) is 0. The Labute approximate surface area is 92.6 Å². The van der Waals surface area contributed by atoms with Crippen LogP contribution in [0.4, 0.5) is 0 Å². The van der Waals surface area contributed by atoms with Crippen molar-refractivity contribution in [2.75, 3.05) is 13.7 Å². The normalized spacial score (nSPS) is 31.3. The molecule has 1 saturated carbocycles. The first-order valence-corrected chi connectivity index (χ1v) is 5.95. The highest BCUT2D eigenvalue weighted by molar-refractivity contribution is 5.69. The highest BCUT2D eigenvalue weighted by Crippen LogP contribution is 2.28. The highest BCUT2D eigenvalue weighted by Gasteiger charge is 2.26. The molecule has 0 bridgehead atoms. The van der Waals surface area contributed by atoms with E-state index < -0.39 is 0 Å². The van der Waals surface area contributed by atoms with Crippen molar-refractivity contribution in [3.8, 4) is 0 Å². The van der Waals surface area contributed by atoms with Crippen LogP contribution in [0.25, 0.3) is 0 Å². The SMILES string of the molecule is COC(=O)CCNC1C(C)CCCC1C. The quantitative estimate of drug-likeness (QED) is 0.726. The van der Waals surface area contributed by atoms with E-state index in [9.17, 15) is 4.79 Å². The molecule has 0 aliphatic heterocycles. The zero-order valence-electron chi connectivity index (χ0n) is 10.1. The van der Waals surface area contributed by atoms with Crippen LogP contribution in [0.15, 0.2) is 0 Å². The Morgan fingerprint density at radius 3 is 2.47 bits per heavy atom. The summed E-state index contributed by atoms with van der Waals surface area (Å²) in [5, 5.41) is 3.49. The molecule has 15 heavy (non-hydrogen) atoms. The molecule has 2 unspecified atom stereocenters. The summed E-state index contributed by atoms with van der Waals surface area (Å²) < 4.78 is 4.61. The lowest BCUT2D eigenvalue weighted by molar-refractivity contribution is -0.140. The van der Waals surface area contributed by atoms with Crippen molar-refractivity contribution in [3.63, 3.8) is 0 Å². The highest BCUT2D eigenvalue weighted by atomic mass is 16.5. The minimum atomic E-state index is -0.126. The molecule has 0 radical (unpaired) electrons. The second-order valence-corrected chi connectivity index (χ2v) is 4.69. The molecule has 1 aliphatic carbocycles. The van der Waals surface area contributed by atoms with Gasteiger partial charge < -0.3 is 10.1 Å². The first kappa shape index (κ1) is 12.5. The predicted molar refractivity (Wildman–Crippen MR) is 60.6 cm³/mol. The van der Waals surface area contributed by atoms with E-state index in [0.717, 1.165) is 18.4 Å². The molecule has 3 nitrogen and oxygen atoms in total. The fourth-order valence-corrected chi connectivity index (χ4v) is 2.53. The van der Waals surface area contributed by atoms with Crippen molar-refractivity contribution in [1.82, 2.24) is 5.32 Å². The molecule has 0 heterocycles. The Balaban J connectivity index is 2.26. The van der Waals surface area contributed by atoms with Crippen molar-refractivity contribution >= 4 is 5.97 Å². The molecular weight excluding hydrogens is 190 g/mol. The molecule has 0 saturated heterocycles. The van der Waals surface area contributed by atoms with Crippen molar-refractivity contribution in [2.24, 2.45) is 11.8 Å². The zero-order valence-corrected chi connectivity index (χ0v) is 10.1. The van der Waals surface area contributed by atoms with Gasteiger partial charge in [0.2, 0.25) is 0 Å². The molecule has 0 spiro atoms. The van der Waals surface area contributed by atoms with Gasteiger partial charge in [0.15, 0.2) is 0 Å². The molecule has 1 aliphatic rings. The van der Waals surface area contributed by atoms with Gasteiger partial charge in [0.1, 0.15) is 0 Å². The number of nitrogens with one attached hydrogen (secondary N) is 1. The average Bonchev–Trinajstić information content (AvgIpc) is 2.22. The molecule has 1 rings (SSSR count). The van der Waals surface area contributed by atoms with E-state index in [0.29, 0.717) is 12.5 Å². The van der Waals surface area contributed by atoms with Crippen LogP contribution in [-0.2, 0) is 9.53 Å². The maximum absolute atomic E-state index is 11.0.